The van der Waals surface area contributed by atoms with Crippen LogP contribution in [0.5, 0.6) is 17.4 Å². The smallest absolute Gasteiger partial charge is 0.324 e. The Balaban J connectivity index is 1.13. The lowest BCUT2D eigenvalue weighted by Gasteiger charge is -2.15. The number of benzene rings is 4. The van der Waals surface area contributed by atoms with Gasteiger partial charge in [0.15, 0.2) is 0 Å². The lowest BCUT2D eigenvalue weighted by molar-refractivity contribution is 0.0255. The Morgan fingerprint density at radius 3 is 2.36 bits per heavy atom. The first-order valence-electron chi connectivity index (χ1n) is 19.8. The normalized spacial score (nSPS) is 11.2. The molecule has 6 aromatic rings. The molecule has 14 nitrogen and oxygen atoms in total. The van der Waals surface area contributed by atoms with Crippen molar-refractivity contribution in [2.45, 2.75) is 39.5 Å². The Bertz CT molecular complexity index is 2520. The van der Waals surface area contributed by atoms with Crippen molar-refractivity contribution in [3.05, 3.63) is 125 Å². The molecule has 6 rings (SSSR count). The van der Waals surface area contributed by atoms with Crippen molar-refractivity contribution >= 4 is 34.2 Å². The van der Waals surface area contributed by atoms with E-state index < -0.39 is 6.03 Å². The van der Waals surface area contributed by atoms with Crippen LogP contribution in [0.25, 0.3) is 16.5 Å². The number of nitrogens with zero attached hydrogens (tertiary/aromatic N) is 4. The van der Waals surface area contributed by atoms with E-state index in [9.17, 15) is 9.59 Å². The highest BCUT2D eigenvalue weighted by molar-refractivity contribution is 6.07. The molecule has 0 saturated carbocycles. The molecule has 0 atom stereocenters. The number of carbonyl (C=O) groups is 2. The monoisotopic (exact) mass is 825 g/mol. The van der Waals surface area contributed by atoms with Crippen molar-refractivity contribution < 1.29 is 33.3 Å². The van der Waals surface area contributed by atoms with Gasteiger partial charge in [0.25, 0.3) is 5.91 Å². The molecule has 0 bridgehead atoms. The number of carbonyl (C=O) groups excluding carboxylic acids is 2. The van der Waals surface area contributed by atoms with Crippen molar-refractivity contribution in [2.75, 3.05) is 64.4 Å². The molecule has 0 fully saturated rings. The van der Waals surface area contributed by atoms with Crippen LogP contribution in [0.3, 0.4) is 0 Å². The Kier molecular flexibility index (Phi) is 14.7. The van der Waals surface area contributed by atoms with Gasteiger partial charge in [-0.1, -0.05) is 51.0 Å². The molecule has 61 heavy (non-hydrogen) atoms. The number of aromatic nitrogens is 4. The van der Waals surface area contributed by atoms with Gasteiger partial charge in [0.2, 0.25) is 5.88 Å². The number of nitrogens with one attached hydrogen (secondary N) is 3. The third-order valence-electron chi connectivity index (χ3n) is 9.50. The van der Waals surface area contributed by atoms with E-state index in [2.05, 4.69) is 52.6 Å². The van der Waals surface area contributed by atoms with E-state index in [1.54, 1.807) is 55.4 Å². The van der Waals surface area contributed by atoms with Gasteiger partial charge in [0.05, 0.1) is 57.2 Å². The van der Waals surface area contributed by atoms with Crippen molar-refractivity contribution in [1.29, 1.82) is 0 Å². The Morgan fingerprint density at radius 2 is 1.62 bits per heavy atom. The second-order valence-electron chi connectivity index (χ2n) is 15.1. The molecule has 0 aliphatic carbocycles. The summed E-state index contributed by atoms with van der Waals surface area (Å²) < 4.78 is 29.3. The van der Waals surface area contributed by atoms with Gasteiger partial charge >= 0.3 is 6.03 Å². The zero-order valence-corrected chi connectivity index (χ0v) is 35.3. The van der Waals surface area contributed by atoms with Gasteiger partial charge in [0.1, 0.15) is 23.1 Å². The molecule has 2 aromatic heterocycles. The van der Waals surface area contributed by atoms with E-state index in [1.807, 2.05) is 61.5 Å². The van der Waals surface area contributed by atoms with E-state index in [-0.39, 0.29) is 11.3 Å². The minimum absolute atomic E-state index is 0.263. The first-order chi connectivity index (χ1) is 29.4. The van der Waals surface area contributed by atoms with Gasteiger partial charge in [-0.25, -0.2) is 14.5 Å². The van der Waals surface area contributed by atoms with Crippen LogP contribution in [0.15, 0.2) is 91.1 Å². The molecule has 0 aliphatic rings. The molecule has 3 N–H and O–H groups in total. The van der Waals surface area contributed by atoms with Crippen LogP contribution in [0.2, 0.25) is 0 Å². The molecular weight excluding hydrogens is 775 g/mol. The molecule has 0 unspecified atom stereocenters. The lowest BCUT2D eigenvalue weighted by Crippen LogP contribution is -2.28. The molecule has 316 valence electrons. The molecule has 4 aromatic carbocycles. The van der Waals surface area contributed by atoms with Crippen molar-refractivity contribution in [1.82, 2.24) is 25.1 Å². The van der Waals surface area contributed by atoms with E-state index in [0.29, 0.717) is 86.1 Å². The van der Waals surface area contributed by atoms with Crippen LogP contribution in [0.1, 0.15) is 59.3 Å². The highest BCUT2D eigenvalue weighted by Crippen LogP contribution is 2.35. The van der Waals surface area contributed by atoms with Gasteiger partial charge in [-0.3, -0.25) is 10.1 Å². The summed E-state index contributed by atoms with van der Waals surface area (Å²) in [7, 11) is 3.24. The minimum atomic E-state index is -0.439. The summed E-state index contributed by atoms with van der Waals surface area (Å²) in [4.78, 5) is 35.8. The predicted octanol–water partition coefficient (Wildman–Crippen LogP) is 7.85. The first-order valence-corrected chi connectivity index (χ1v) is 19.8. The van der Waals surface area contributed by atoms with Gasteiger partial charge in [-0.05, 0) is 66.6 Å². The van der Waals surface area contributed by atoms with Crippen LogP contribution in [-0.2, 0) is 26.0 Å². The number of hydrogen-bond acceptors (Lipinski definition) is 10. The number of anilines is 2. The molecule has 0 spiro atoms. The summed E-state index contributed by atoms with van der Waals surface area (Å²) in [5.74, 6) is 4.93. The number of terminal acetylenes is 1. The number of methoxy groups -OCH3 is 2. The van der Waals surface area contributed by atoms with Gasteiger partial charge in [0, 0.05) is 65.7 Å². The average Bonchev–Trinajstić information content (AvgIpc) is 3.67. The zero-order chi connectivity index (χ0) is 43.4. The van der Waals surface area contributed by atoms with Crippen LogP contribution in [0.4, 0.5) is 16.3 Å². The predicted molar refractivity (Wildman–Crippen MR) is 235 cm³/mol. The van der Waals surface area contributed by atoms with Crippen molar-refractivity contribution in [3.8, 4) is 35.4 Å². The second kappa shape index (κ2) is 20.5. The van der Waals surface area contributed by atoms with Crippen molar-refractivity contribution in [2.24, 2.45) is 0 Å². The average molecular weight is 826 g/mol. The van der Waals surface area contributed by atoms with E-state index in [0.717, 1.165) is 39.0 Å². The fraction of sp³-hybridized carbons (Fsp3) is 0.298. The van der Waals surface area contributed by atoms with Crippen LogP contribution >= 0.6 is 0 Å². The molecule has 3 amide bonds. The third-order valence-corrected chi connectivity index (χ3v) is 9.50. The maximum absolute atomic E-state index is 13.7. The topological polar surface area (TPSA) is 160 Å². The number of rotatable bonds is 18. The zero-order valence-electron chi connectivity index (χ0n) is 35.3. The number of urea groups is 1. The van der Waals surface area contributed by atoms with Gasteiger partial charge in [-0.15, -0.1) is 6.42 Å². The van der Waals surface area contributed by atoms with E-state index >= 15 is 0 Å². The number of amides is 3. The van der Waals surface area contributed by atoms with Gasteiger partial charge < -0.3 is 34.3 Å². The highest BCUT2D eigenvalue weighted by atomic mass is 16.5. The summed E-state index contributed by atoms with van der Waals surface area (Å²) in [6.07, 6.45) is 7.67. The Morgan fingerprint density at radius 1 is 0.852 bits per heavy atom. The highest BCUT2D eigenvalue weighted by Gasteiger charge is 2.23. The maximum atomic E-state index is 13.7. The largest absolute Gasteiger partial charge is 0.497 e. The van der Waals surface area contributed by atoms with Crippen LogP contribution in [0, 0.1) is 19.3 Å². The SMILES string of the molecule is C#Cc1cc(Cc2nccc(Oc3ccc(NC(=O)Nc4cc(C(C)(C)C)nn4-c4ccc(OC)cc4C)c4ccccc34)n2)cc(C(=O)NCCOCCOCCOC)c1. The standard InChI is InChI=1S/C47H51N7O7/c1-8-32-26-33(28-34(27-32)45(55)49-19-20-59-23-24-60-22-21-57-6)29-42-48-18-17-44(51-42)61-40-16-14-38(36-11-9-10-12-37(36)40)50-46(56)52-43-30-41(47(3,4)5)53-54(43)39-15-13-35(58-7)25-31(39)2/h1,9-18,25-28,30H,19-24,29H2,2-7H3,(H,49,55)(H2,50,52,56). The van der Waals surface area contributed by atoms with Crippen molar-refractivity contribution in [3.63, 3.8) is 0 Å². The van der Waals surface area contributed by atoms with Gasteiger partial charge in [-0.2, -0.15) is 10.1 Å². The van der Waals surface area contributed by atoms with E-state index in [4.69, 9.17) is 35.2 Å². The third kappa shape index (κ3) is 11.7. The number of ether oxygens (including phenoxy) is 5. The summed E-state index contributed by atoms with van der Waals surface area (Å²) in [6, 6.07) is 25.3. The maximum Gasteiger partial charge on any atom is 0.324 e. The fourth-order valence-corrected chi connectivity index (χ4v) is 6.38. The Labute approximate surface area is 355 Å². The number of hydrogen-bond donors (Lipinski definition) is 3. The summed E-state index contributed by atoms with van der Waals surface area (Å²) in [6.45, 7) is 10.7. The Hall–Kier alpha value is -6.79. The number of aryl methyl sites for hydroxylation is 1. The molecule has 14 heteroatoms. The molecular formula is C47H51N7O7. The molecule has 2 heterocycles. The summed E-state index contributed by atoms with van der Waals surface area (Å²) >= 11 is 0. The molecule has 0 saturated heterocycles. The quantitative estimate of drug-likeness (QED) is 0.0576. The van der Waals surface area contributed by atoms with E-state index in [1.165, 1.54) is 0 Å². The van der Waals surface area contributed by atoms with Crippen LogP contribution in [-0.4, -0.2) is 85.5 Å². The van der Waals surface area contributed by atoms with Crippen LogP contribution < -0.4 is 25.4 Å². The minimum Gasteiger partial charge on any atom is -0.497 e. The summed E-state index contributed by atoms with van der Waals surface area (Å²) in [5, 5.41) is 15.3. The second-order valence-corrected chi connectivity index (χ2v) is 15.1. The number of fused-ring (bicyclic) bond motifs is 1. The summed E-state index contributed by atoms with van der Waals surface area (Å²) in [5.41, 5.74) is 4.62. The lowest BCUT2D eigenvalue weighted by atomic mass is 9.92. The molecule has 0 aliphatic heterocycles. The fourth-order valence-electron chi connectivity index (χ4n) is 6.38. The first kappa shape index (κ1) is 43.8. The molecule has 0 radical (unpaired) electrons.